The molecule has 3 aromatic rings. The summed E-state index contributed by atoms with van der Waals surface area (Å²) in [5, 5.41) is 0. The Morgan fingerprint density at radius 3 is 2.85 bits per heavy atom. The van der Waals surface area contributed by atoms with Crippen LogP contribution < -0.4 is 9.64 Å². The molecule has 1 aromatic carbocycles. The van der Waals surface area contributed by atoms with Crippen molar-refractivity contribution in [3.8, 4) is 5.88 Å². The molecule has 0 radical (unpaired) electrons. The van der Waals surface area contributed by atoms with E-state index in [1.807, 2.05) is 30.5 Å². The number of hydrogen-bond donors (Lipinski definition) is 1. The summed E-state index contributed by atoms with van der Waals surface area (Å²) in [4.78, 5) is 15.0. The van der Waals surface area contributed by atoms with Crippen LogP contribution in [0.4, 0.5) is 5.95 Å². The van der Waals surface area contributed by atoms with Crippen LogP contribution in [0.15, 0.2) is 42.6 Å². The minimum atomic E-state index is -0.0425. The monoisotopic (exact) mass is 364 g/mol. The number of imidazole rings is 1. The number of H-pyrrole nitrogens is 1. The Kier molecular flexibility index (Phi) is 4.41. The van der Waals surface area contributed by atoms with Crippen LogP contribution >= 0.6 is 0 Å². The maximum Gasteiger partial charge on any atom is 0.218 e. The second-order valence-electron chi connectivity index (χ2n) is 7.27. The molecule has 6 nitrogen and oxygen atoms in total. The van der Waals surface area contributed by atoms with Gasteiger partial charge in [0.25, 0.3) is 0 Å². The first-order valence-corrected chi connectivity index (χ1v) is 9.79. The minimum absolute atomic E-state index is 0.0425. The van der Waals surface area contributed by atoms with Gasteiger partial charge in [0.15, 0.2) is 6.23 Å². The van der Waals surface area contributed by atoms with Gasteiger partial charge in [0.05, 0.1) is 11.0 Å². The molecule has 0 saturated carbocycles. The Morgan fingerprint density at radius 1 is 1.07 bits per heavy atom. The molecule has 2 aliphatic heterocycles. The van der Waals surface area contributed by atoms with Crippen LogP contribution in [0.25, 0.3) is 11.0 Å². The van der Waals surface area contributed by atoms with Crippen LogP contribution in [0.3, 0.4) is 0 Å². The number of nitrogens with one attached hydrogen (secondary N) is 1. The highest BCUT2D eigenvalue weighted by Crippen LogP contribution is 2.34. The molecule has 0 amide bonds. The molecule has 6 heteroatoms. The third kappa shape index (κ3) is 3.25. The van der Waals surface area contributed by atoms with Gasteiger partial charge in [0.1, 0.15) is 0 Å². The Morgan fingerprint density at radius 2 is 1.96 bits per heavy atom. The third-order valence-corrected chi connectivity index (χ3v) is 5.56. The van der Waals surface area contributed by atoms with E-state index in [9.17, 15) is 0 Å². The number of rotatable bonds is 4. The van der Waals surface area contributed by atoms with E-state index in [1.165, 1.54) is 5.56 Å². The van der Waals surface area contributed by atoms with Crippen molar-refractivity contribution < 1.29 is 9.47 Å². The highest BCUT2D eigenvalue weighted by Gasteiger charge is 2.30. The quantitative estimate of drug-likeness (QED) is 0.762. The summed E-state index contributed by atoms with van der Waals surface area (Å²) in [5.74, 6) is 2.10. The van der Waals surface area contributed by atoms with E-state index in [4.69, 9.17) is 14.5 Å². The van der Waals surface area contributed by atoms with Crippen molar-refractivity contribution in [2.45, 2.75) is 37.8 Å². The van der Waals surface area contributed by atoms with Gasteiger partial charge in [-0.15, -0.1) is 0 Å². The van der Waals surface area contributed by atoms with E-state index < -0.39 is 0 Å². The van der Waals surface area contributed by atoms with Crippen molar-refractivity contribution in [3.63, 3.8) is 0 Å². The lowest BCUT2D eigenvalue weighted by molar-refractivity contribution is 0.0838. The molecule has 0 bridgehead atoms. The first-order chi connectivity index (χ1) is 13.4. The number of ether oxygens (including phenoxy) is 2. The number of fused-ring (bicyclic) bond motifs is 1. The van der Waals surface area contributed by atoms with E-state index in [0.717, 1.165) is 68.3 Å². The topological polar surface area (TPSA) is 63.3 Å². The smallest absolute Gasteiger partial charge is 0.218 e. The number of para-hydroxylation sites is 2. The van der Waals surface area contributed by atoms with E-state index >= 15 is 0 Å². The molecular formula is C21H24N4O2. The zero-order valence-electron chi connectivity index (χ0n) is 15.3. The average molecular weight is 364 g/mol. The van der Waals surface area contributed by atoms with Gasteiger partial charge in [-0.1, -0.05) is 18.2 Å². The fourth-order valence-corrected chi connectivity index (χ4v) is 4.13. The second-order valence-corrected chi connectivity index (χ2v) is 7.27. The van der Waals surface area contributed by atoms with Gasteiger partial charge >= 0.3 is 0 Å². The van der Waals surface area contributed by atoms with Crippen LogP contribution in [-0.4, -0.2) is 40.9 Å². The summed E-state index contributed by atoms with van der Waals surface area (Å²) in [6.45, 7) is 2.56. The summed E-state index contributed by atoms with van der Waals surface area (Å²) in [6, 6.07) is 12.3. The minimum Gasteiger partial charge on any atom is -0.453 e. The lowest BCUT2D eigenvalue weighted by Gasteiger charge is -2.28. The number of hydrogen-bond acceptors (Lipinski definition) is 5. The molecule has 4 heterocycles. The van der Waals surface area contributed by atoms with Crippen LogP contribution in [0.1, 0.15) is 37.2 Å². The van der Waals surface area contributed by atoms with Gasteiger partial charge in [-0.25, -0.2) is 9.97 Å². The number of pyridine rings is 1. The summed E-state index contributed by atoms with van der Waals surface area (Å²) in [5.41, 5.74) is 3.25. The molecular weight excluding hydrogens is 340 g/mol. The standard InChI is InChI=1S/C21H24N4O2/c1-2-7-18-17(6-1)23-21(24-18)25-12-4-8-19(25)27-20-16(5-3-11-22-20)15-9-13-26-14-10-15/h1-3,5-7,11,15,19H,4,8-10,12-14H2,(H,23,24). The zero-order valence-corrected chi connectivity index (χ0v) is 15.3. The van der Waals surface area contributed by atoms with E-state index in [1.54, 1.807) is 0 Å². The first kappa shape index (κ1) is 16.6. The van der Waals surface area contributed by atoms with Crippen LogP contribution in [0.5, 0.6) is 5.88 Å². The highest BCUT2D eigenvalue weighted by atomic mass is 16.5. The predicted octanol–water partition coefficient (Wildman–Crippen LogP) is 3.86. The van der Waals surface area contributed by atoms with Crippen LogP contribution in [0.2, 0.25) is 0 Å². The summed E-state index contributed by atoms with van der Waals surface area (Å²) >= 11 is 0. The molecule has 5 rings (SSSR count). The Hall–Kier alpha value is -2.60. The maximum absolute atomic E-state index is 6.44. The van der Waals surface area contributed by atoms with E-state index in [2.05, 4.69) is 27.0 Å². The fourth-order valence-electron chi connectivity index (χ4n) is 4.13. The van der Waals surface area contributed by atoms with E-state index in [0.29, 0.717) is 5.92 Å². The van der Waals surface area contributed by atoms with E-state index in [-0.39, 0.29) is 6.23 Å². The molecule has 2 aliphatic rings. The number of aromatic amines is 1. The molecule has 0 spiro atoms. The SMILES string of the molecule is c1cnc(OC2CCCN2c2nc3ccccc3[nH]2)c(C2CCOCC2)c1. The Balaban J connectivity index is 1.40. The van der Waals surface area contributed by atoms with Gasteiger partial charge in [0.2, 0.25) is 11.8 Å². The van der Waals surface area contributed by atoms with Crippen molar-refractivity contribution in [3.05, 3.63) is 48.2 Å². The molecule has 0 aliphatic carbocycles. The lowest BCUT2D eigenvalue weighted by Crippen LogP contribution is -2.35. The van der Waals surface area contributed by atoms with Crippen LogP contribution in [-0.2, 0) is 4.74 Å². The number of aromatic nitrogens is 3. The molecule has 1 atom stereocenters. The molecule has 27 heavy (non-hydrogen) atoms. The summed E-state index contributed by atoms with van der Waals surface area (Å²) in [6.07, 6.45) is 5.89. The predicted molar refractivity (Wildman–Crippen MR) is 104 cm³/mol. The number of benzene rings is 1. The van der Waals surface area contributed by atoms with Gasteiger partial charge in [0, 0.05) is 37.9 Å². The molecule has 2 fully saturated rings. The van der Waals surface area contributed by atoms with Crippen molar-refractivity contribution >= 4 is 17.0 Å². The molecule has 1 N–H and O–H groups in total. The molecule has 140 valence electrons. The third-order valence-electron chi connectivity index (χ3n) is 5.56. The lowest BCUT2D eigenvalue weighted by atomic mass is 9.92. The number of anilines is 1. The molecule has 1 unspecified atom stereocenters. The van der Waals surface area contributed by atoms with Gasteiger partial charge in [-0.2, -0.15) is 0 Å². The van der Waals surface area contributed by atoms with Crippen LogP contribution in [0, 0.1) is 0 Å². The largest absolute Gasteiger partial charge is 0.453 e. The normalized spacial score (nSPS) is 21.0. The second kappa shape index (κ2) is 7.19. The van der Waals surface area contributed by atoms with Crippen molar-refractivity contribution in [1.29, 1.82) is 0 Å². The molecule has 2 aromatic heterocycles. The Labute approximate surface area is 158 Å². The summed E-state index contributed by atoms with van der Waals surface area (Å²) in [7, 11) is 0. The maximum atomic E-state index is 6.44. The van der Waals surface area contributed by atoms with Gasteiger partial charge in [-0.05, 0) is 43.4 Å². The Bertz CT molecular complexity index is 886. The number of nitrogens with zero attached hydrogens (tertiary/aromatic N) is 3. The summed E-state index contributed by atoms with van der Waals surface area (Å²) < 4.78 is 12.0. The fraction of sp³-hybridized carbons (Fsp3) is 0.429. The van der Waals surface area contributed by atoms with Crippen molar-refractivity contribution in [2.75, 3.05) is 24.7 Å². The van der Waals surface area contributed by atoms with Crippen molar-refractivity contribution in [1.82, 2.24) is 15.0 Å². The first-order valence-electron chi connectivity index (χ1n) is 9.79. The average Bonchev–Trinajstić information content (AvgIpc) is 3.35. The zero-order chi connectivity index (χ0) is 18.1. The highest BCUT2D eigenvalue weighted by molar-refractivity contribution is 5.77. The van der Waals surface area contributed by atoms with Crippen molar-refractivity contribution in [2.24, 2.45) is 0 Å². The van der Waals surface area contributed by atoms with Gasteiger partial charge in [-0.3, -0.25) is 0 Å². The van der Waals surface area contributed by atoms with Gasteiger partial charge < -0.3 is 19.4 Å². The molecule has 2 saturated heterocycles.